The molecule has 0 unspecified atom stereocenters. The molecule has 0 aromatic carbocycles. The van der Waals surface area contributed by atoms with Crippen molar-refractivity contribution in [3.05, 3.63) is 28.5 Å². The second kappa shape index (κ2) is 8.05. The van der Waals surface area contributed by atoms with Crippen molar-refractivity contribution < 1.29 is 0 Å². The van der Waals surface area contributed by atoms with Gasteiger partial charge < -0.3 is 11.5 Å². The second-order valence-electron chi connectivity index (χ2n) is 3.30. The minimum Gasteiger partial charge on any atom is -0.330 e. The van der Waals surface area contributed by atoms with Crippen molar-refractivity contribution in [2.75, 3.05) is 6.54 Å². The van der Waals surface area contributed by atoms with E-state index in [4.69, 9.17) is 11.5 Å². The lowest BCUT2D eigenvalue weighted by Crippen LogP contribution is -2.11. The van der Waals surface area contributed by atoms with Crippen LogP contribution >= 0.6 is 28.3 Å². The van der Waals surface area contributed by atoms with Crippen molar-refractivity contribution in [1.82, 2.24) is 4.98 Å². The summed E-state index contributed by atoms with van der Waals surface area (Å²) in [6, 6.07) is 4.02. The van der Waals surface area contributed by atoms with Crippen LogP contribution in [0.25, 0.3) is 0 Å². The van der Waals surface area contributed by atoms with Gasteiger partial charge in [-0.05, 0) is 53.0 Å². The molecule has 0 radical (unpaired) electrons. The SMILES string of the molecule is Cl.NCCCC[C@H](N)c1ccnc(Br)c1. The zero-order valence-corrected chi connectivity index (χ0v) is 10.9. The van der Waals surface area contributed by atoms with Gasteiger partial charge >= 0.3 is 0 Å². The minimum absolute atomic E-state index is 0. The molecule has 1 aromatic rings. The van der Waals surface area contributed by atoms with Gasteiger partial charge in [-0.25, -0.2) is 4.98 Å². The van der Waals surface area contributed by atoms with Crippen molar-refractivity contribution >= 4 is 28.3 Å². The molecule has 1 heterocycles. The number of nitrogens with two attached hydrogens (primary N) is 2. The number of hydrogen-bond donors (Lipinski definition) is 2. The van der Waals surface area contributed by atoms with E-state index in [9.17, 15) is 0 Å². The van der Waals surface area contributed by atoms with Gasteiger partial charge in [0.05, 0.1) is 0 Å². The number of unbranched alkanes of at least 4 members (excludes halogenated alkanes) is 1. The number of hydrogen-bond acceptors (Lipinski definition) is 3. The lowest BCUT2D eigenvalue weighted by Gasteiger charge is -2.11. The summed E-state index contributed by atoms with van der Waals surface area (Å²) in [6.45, 7) is 0.743. The van der Waals surface area contributed by atoms with Crippen LogP contribution in [0.1, 0.15) is 30.9 Å². The van der Waals surface area contributed by atoms with Crippen molar-refractivity contribution in [2.24, 2.45) is 11.5 Å². The summed E-state index contributed by atoms with van der Waals surface area (Å²) in [5.41, 5.74) is 12.6. The first-order valence-electron chi connectivity index (χ1n) is 4.81. The Balaban J connectivity index is 0.00000196. The average molecular weight is 295 g/mol. The maximum Gasteiger partial charge on any atom is 0.106 e. The minimum atomic E-state index is 0. The third kappa shape index (κ3) is 5.47. The second-order valence-corrected chi connectivity index (χ2v) is 4.12. The standard InChI is InChI=1S/C10H16BrN3.ClH/c11-10-7-8(4-6-14-10)9(13)3-1-2-5-12;/h4,6-7,9H,1-3,5,12-13H2;1H/t9-;/m0./s1. The highest BCUT2D eigenvalue weighted by molar-refractivity contribution is 9.10. The Morgan fingerprint density at radius 1 is 1.40 bits per heavy atom. The molecule has 86 valence electrons. The summed E-state index contributed by atoms with van der Waals surface area (Å²) in [5, 5.41) is 0. The van der Waals surface area contributed by atoms with Crippen molar-refractivity contribution in [3.8, 4) is 0 Å². The molecular formula is C10H17BrClN3. The van der Waals surface area contributed by atoms with E-state index in [1.807, 2.05) is 12.1 Å². The van der Waals surface area contributed by atoms with E-state index < -0.39 is 0 Å². The van der Waals surface area contributed by atoms with Crippen LogP contribution in [-0.2, 0) is 0 Å². The van der Waals surface area contributed by atoms with Gasteiger partial charge in [-0.2, -0.15) is 0 Å². The van der Waals surface area contributed by atoms with E-state index in [2.05, 4.69) is 20.9 Å². The highest BCUT2D eigenvalue weighted by Gasteiger charge is 2.05. The summed E-state index contributed by atoms with van der Waals surface area (Å²) in [6.07, 6.45) is 4.87. The first kappa shape index (κ1) is 14.8. The maximum atomic E-state index is 6.02. The van der Waals surface area contributed by atoms with E-state index in [0.29, 0.717) is 0 Å². The Bertz CT molecular complexity index is 283. The molecule has 0 saturated heterocycles. The predicted octanol–water partition coefficient (Wildman–Crippen LogP) is 2.39. The Labute approximate surface area is 105 Å². The topological polar surface area (TPSA) is 64.9 Å². The average Bonchev–Trinajstić information content (AvgIpc) is 2.18. The molecule has 0 aliphatic rings. The molecule has 1 rings (SSSR count). The van der Waals surface area contributed by atoms with Crippen molar-refractivity contribution in [1.29, 1.82) is 0 Å². The molecule has 0 bridgehead atoms. The molecule has 0 aliphatic heterocycles. The summed E-state index contributed by atoms with van der Waals surface area (Å²) in [5.74, 6) is 0. The first-order valence-corrected chi connectivity index (χ1v) is 5.60. The van der Waals surface area contributed by atoms with Crippen LogP contribution in [-0.4, -0.2) is 11.5 Å². The Morgan fingerprint density at radius 2 is 2.13 bits per heavy atom. The van der Waals surface area contributed by atoms with Crippen molar-refractivity contribution in [3.63, 3.8) is 0 Å². The molecule has 1 aromatic heterocycles. The van der Waals surface area contributed by atoms with Crippen molar-refractivity contribution in [2.45, 2.75) is 25.3 Å². The van der Waals surface area contributed by atoms with Crippen LogP contribution in [0.4, 0.5) is 0 Å². The fourth-order valence-electron chi connectivity index (χ4n) is 1.32. The quantitative estimate of drug-likeness (QED) is 0.647. The van der Waals surface area contributed by atoms with E-state index in [1.54, 1.807) is 6.20 Å². The number of aromatic nitrogens is 1. The Morgan fingerprint density at radius 3 is 2.73 bits per heavy atom. The first-order chi connectivity index (χ1) is 6.74. The lowest BCUT2D eigenvalue weighted by molar-refractivity contribution is 0.590. The summed E-state index contributed by atoms with van der Waals surface area (Å²) in [4.78, 5) is 4.06. The van der Waals surface area contributed by atoms with Gasteiger partial charge in [0.15, 0.2) is 0 Å². The molecule has 0 aliphatic carbocycles. The molecule has 1 atom stereocenters. The van der Waals surface area contributed by atoms with E-state index in [-0.39, 0.29) is 18.4 Å². The number of nitrogens with zero attached hydrogens (tertiary/aromatic N) is 1. The van der Waals surface area contributed by atoms with Crippen LogP contribution in [0.5, 0.6) is 0 Å². The number of pyridine rings is 1. The summed E-state index contributed by atoms with van der Waals surface area (Å²) < 4.78 is 0.837. The third-order valence-electron chi connectivity index (χ3n) is 2.15. The van der Waals surface area contributed by atoms with E-state index in [0.717, 1.165) is 36.0 Å². The van der Waals surface area contributed by atoms with Gasteiger partial charge in [0.2, 0.25) is 0 Å². The summed E-state index contributed by atoms with van der Waals surface area (Å²) in [7, 11) is 0. The fourth-order valence-corrected chi connectivity index (χ4v) is 1.71. The normalized spacial score (nSPS) is 11.9. The van der Waals surface area contributed by atoms with Gasteiger partial charge in [-0.15, -0.1) is 12.4 Å². The molecule has 3 nitrogen and oxygen atoms in total. The zero-order valence-electron chi connectivity index (χ0n) is 8.53. The van der Waals surface area contributed by atoms with E-state index >= 15 is 0 Å². The number of rotatable bonds is 5. The molecule has 5 heteroatoms. The van der Waals surface area contributed by atoms with Gasteiger partial charge in [0.25, 0.3) is 0 Å². The zero-order chi connectivity index (χ0) is 10.4. The molecule has 4 N–H and O–H groups in total. The van der Waals surface area contributed by atoms with Gasteiger partial charge in [0, 0.05) is 12.2 Å². The molecule has 15 heavy (non-hydrogen) atoms. The fraction of sp³-hybridized carbons (Fsp3) is 0.500. The lowest BCUT2D eigenvalue weighted by atomic mass is 10.0. The molecule has 0 fully saturated rings. The predicted molar refractivity (Wildman–Crippen MR) is 69.0 cm³/mol. The van der Waals surface area contributed by atoms with Gasteiger partial charge in [-0.1, -0.05) is 6.42 Å². The van der Waals surface area contributed by atoms with Crippen LogP contribution in [0.2, 0.25) is 0 Å². The largest absolute Gasteiger partial charge is 0.330 e. The highest BCUT2D eigenvalue weighted by atomic mass is 79.9. The summed E-state index contributed by atoms with van der Waals surface area (Å²) >= 11 is 3.33. The van der Waals surface area contributed by atoms with Gasteiger partial charge in [0.1, 0.15) is 4.60 Å². The Hall–Kier alpha value is -0.160. The van der Waals surface area contributed by atoms with E-state index in [1.165, 1.54) is 0 Å². The molecule has 0 amide bonds. The number of halogens is 2. The van der Waals surface area contributed by atoms with Crippen LogP contribution in [0, 0.1) is 0 Å². The van der Waals surface area contributed by atoms with Crippen LogP contribution in [0.3, 0.4) is 0 Å². The highest BCUT2D eigenvalue weighted by Crippen LogP contribution is 2.18. The van der Waals surface area contributed by atoms with Gasteiger partial charge in [-0.3, -0.25) is 0 Å². The maximum absolute atomic E-state index is 6.02. The van der Waals surface area contributed by atoms with Crippen LogP contribution < -0.4 is 11.5 Å². The third-order valence-corrected chi connectivity index (χ3v) is 2.58. The Kier molecular flexibility index (Phi) is 7.96. The molecule has 0 saturated carbocycles. The molecule has 0 spiro atoms. The smallest absolute Gasteiger partial charge is 0.106 e. The van der Waals surface area contributed by atoms with Crippen LogP contribution in [0.15, 0.2) is 22.9 Å². The molecular weight excluding hydrogens is 277 g/mol. The monoisotopic (exact) mass is 293 g/mol.